The average molecular weight is 361 g/mol. The van der Waals surface area contributed by atoms with Gasteiger partial charge in [-0.25, -0.2) is 9.48 Å². The van der Waals surface area contributed by atoms with Gasteiger partial charge in [-0.3, -0.25) is 14.5 Å². The molecule has 1 atom stereocenters. The van der Waals surface area contributed by atoms with Crippen molar-refractivity contribution in [2.45, 2.75) is 38.4 Å². The summed E-state index contributed by atoms with van der Waals surface area (Å²) in [6, 6.07) is 1.86. The number of nitrogens with zero attached hydrogens (tertiary/aromatic N) is 5. The van der Waals surface area contributed by atoms with E-state index in [4.69, 9.17) is 5.73 Å². The lowest BCUT2D eigenvalue weighted by Gasteiger charge is -2.26. The number of allylic oxidation sites excluding steroid dienone is 1. The first kappa shape index (κ1) is 16.0. The number of nitrogens with one attached hydrogen (secondary N) is 1. The highest BCUT2D eigenvalue weighted by Gasteiger charge is 2.36. The summed E-state index contributed by atoms with van der Waals surface area (Å²) in [7, 11) is 0. The predicted octanol–water partition coefficient (Wildman–Crippen LogP) is 0.600. The van der Waals surface area contributed by atoms with Gasteiger partial charge in [0.15, 0.2) is 5.50 Å². The summed E-state index contributed by atoms with van der Waals surface area (Å²) in [5.74, 6) is 0.0638. The Kier molecular flexibility index (Phi) is 3.91. The fourth-order valence-corrected chi connectivity index (χ4v) is 4.15. The van der Waals surface area contributed by atoms with Crippen LogP contribution in [0.1, 0.15) is 31.0 Å². The maximum absolute atomic E-state index is 12.7. The van der Waals surface area contributed by atoms with E-state index in [2.05, 4.69) is 15.3 Å². The summed E-state index contributed by atoms with van der Waals surface area (Å²) >= 11 is 1.27. The van der Waals surface area contributed by atoms with Gasteiger partial charge in [-0.05, 0) is 31.7 Å². The number of H-pyrrole nitrogens is 1. The Balaban J connectivity index is 1.66. The SMILES string of the molecule is CC1=C(C(N)=O)SC(n2cnn(CC3CC3)c2=O)N1Cc1cc[nH]n1. The molecule has 1 aliphatic carbocycles. The molecule has 2 aliphatic rings. The zero-order valence-corrected chi connectivity index (χ0v) is 14.6. The molecule has 9 nitrogen and oxygen atoms in total. The molecular weight excluding hydrogens is 342 g/mol. The Labute approximate surface area is 147 Å². The van der Waals surface area contributed by atoms with E-state index in [0.29, 0.717) is 23.9 Å². The molecule has 0 aromatic carbocycles. The highest BCUT2D eigenvalue weighted by atomic mass is 32.2. The van der Waals surface area contributed by atoms with Crippen molar-refractivity contribution in [3.8, 4) is 0 Å². The van der Waals surface area contributed by atoms with Crippen LogP contribution in [0.4, 0.5) is 0 Å². The topological polar surface area (TPSA) is 115 Å². The number of carbonyl (C=O) groups is 1. The second kappa shape index (κ2) is 6.10. The molecule has 10 heteroatoms. The van der Waals surface area contributed by atoms with Gasteiger partial charge >= 0.3 is 5.69 Å². The van der Waals surface area contributed by atoms with Crippen LogP contribution in [0, 0.1) is 5.92 Å². The van der Waals surface area contributed by atoms with Gasteiger partial charge in [0.1, 0.15) is 6.33 Å². The number of nitrogens with two attached hydrogens (primary N) is 1. The summed E-state index contributed by atoms with van der Waals surface area (Å²) in [5.41, 5.74) is 6.49. The number of hydrogen-bond acceptors (Lipinski definition) is 6. The highest BCUT2D eigenvalue weighted by Crippen LogP contribution is 2.44. The summed E-state index contributed by atoms with van der Waals surface area (Å²) in [6.45, 7) is 2.95. The van der Waals surface area contributed by atoms with E-state index in [1.807, 2.05) is 17.9 Å². The van der Waals surface area contributed by atoms with Crippen LogP contribution in [0.2, 0.25) is 0 Å². The van der Waals surface area contributed by atoms with E-state index in [1.165, 1.54) is 22.8 Å². The number of hydrogen-bond donors (Lipinski definition) is 2. The zero-order chi connectivity index (χ0) is 17.6. The molecule has 4 rings (SSSR count). The summed E-state index contributed by atoms with van der Waals surface area (Å²) in [5, 5.41) is 11.2. The molecule has 1 saturated carbocycles. The molecule has 0 radical (unpaired) electrons. The van der Waals surface area contributed by atoms with Gasteiger partial charge in [-0.15, -0.1) is 0 Å². The Morgan fingerprint density at radius 2 is 2.28 bits per heavy atom. The summed E-state index contributed by atoms with van der Waals surface area (Å²) in [6.07, 6.45) is 5.57. The van der Waals surface area contributed by atoms with Gasteiger partial charge in [0.05, 0.1) is 17.1 Å². The van der Waals surface area contributed by atoms with E-state index < -0.39 is 11.4 Å². The van der Waals surface area contributed by atoms with Crippen LogP contribution in [-0.4, -0.2) is 35.4 Å². The van der Waals surface area contributed by atoms with Gasteiger partial charge < -0.3 is 10.6 Å². The number of aromatic nitrogens is 5. The number of carbonyl (C=O) groups excluding carboxylic acids is 1. The van der Waals surface area contributed by atoms with E-state index in [1.54, 1.807) is 10.8 Å². The molecule has 2 aromatic rings. The molecule has 1 unspecified atom stereocenters. The van der Waals surface area contributed by atoms with Crippen molar-refractivity contribution >= 4 is 17.7 Å². The molecule has 1 aliphatic heterocycles. The zero-order valence-electron chi connectivity index (χ0n) is 13.8. The predicted molar refractivity (Wildman–Crippen MR) is 91.9 cm³/mol. The van der Waals surface area contributed by atoms with Crippen LogP contribution < -0.4 is 11.4 Å². The van der Waals surface area contributed by atoms with Gasteiger partial charge in [0.25, 0.3) is 5.91 Å². The fraction of sp³-hybridized carbons (Fsp3) is 0.467. The van der Waals surface area contributed by atoms with Crippen LogP contribution >= 0.6 is 11.8 Å². The normalized spacial score (nSPS) is 20.5. The Morgan fingerprint density at radius 3 is 2.92 bits per heavy atom. The summed E-state index contributed by atoms with van der Waals surface area (Å²) in [4.78, 5) is 26.9. The maximum Gasteiger partial charge on any atom is 0.348 e. The van der Waals surface area contributed by atoms with E-state index in [0.717, 1.165) is 24.2 Å². The molecule has 25 heavy (non-hydrogen) atoms. The molecule has 0 spiro atoms. The number of amides is 1. The molecular formula is C15H19N7O2S. The largest absolute Gasteiger partial charge is 0.365 e. The molecule has 3 N–H and O–H groups in total. The maximum atomic E-state index is 12.7. The second-order valence-corrected chi connectivity index (χ2v) is 7.43. The smallest absolute Gasteiger partial charge is 0.348 e. The quantitative estimate of drug-likeness (QED) is 0.779. The van der Waals surface area contributed by atoms with Crippen LogP contribution in [0.15, 0.2) is 34.0 Å². The number of aromatic amines is 1. The lowest BCUT2D eigenvalue weighted by Crippen LogP contribution is -2.33. The Bertz CT molecular complexity index is 878. The lowest BCUT2D eigenvalue weighted by molar-refractivity contribution is -0.114. The van der Waals surface area contributed by atoms with Gasteiger partial charge in [-0.1, -0.05) is 11.8 Å². The molecule has 3 heterocycles. The first-order valence-corrected chi connectivity index (χ1v) is 8.99. The molecule has 132 valence electrons. The Hall–Kier alpha value is -2.49. The highest BCUT2D eigenvalue weighted by molar-refractivity contribution is 8.04. The van der Waals surface area contributed by atoms with Crippen molar-refractivity contribution in [2.75, 3.05) is 0 Å². The van der Waals surface area contributed by atoms with Gasteiger partial charge in [0.2, 0.25) is 0 Å². The van der Waals surface area contributed by atoms with Gasteiger partial charge in [-0.2, -0.15) is 10.2 Å². The number of rotatable bonds is 6. The summed E-state index contributed by atoms with van der Waals surface area (Å²) < 4.78 is 3.06. The van der Waals surface area contributed by atoms with Crippen LogP contribution in [0.25, 0.3) is 0 Å². The molecule has 1 fully saturated rings. The minimum absolute atomic E-state index is 0.171. The molecule has 2 aromatic heterocycles. The van der Waals surface area contributed by atoms with Crippen molar-refractivity contribution in [3.63, 3.8) is 0 Å². The molecule has 0 saturated heterocycles. The van der Waals surface area contributed by atoms with Crippen molar-refractivity contribution in [1.29, 1.82) is 0 Å². The minimum atomic E-state index is -0.490. The molecule has 1 amide bonds. The minimum Gasteiger partial charge on any atom is -0.365 e. The third-order valence-corrected chi connectivity index (χ3v) is 5.91. The van der Waals surface area contributed by atoms with Gasteiger partial charge in [0, 0.05) is 18.4 Å². The second-order valence-electron chi connectivity index (χ2n) is 6.36. The number of primary amides is 1. The Morgan fingerprint density at radius 1 is 1.48 bits per heavy atom. The average Bonchev–Trinajstić information content (AvgIpc) is 2.96. The standard InChI is InChI=1S/C15H19N7O2S/c1-9-12(13(16)23)25-15(20(9)7-11-4-5-17-19-11)21-8-18-22(14(21)24)6-10-2-3-10/h4-5,8,10,15H,2-3,6-7H2,1H3,(H2,16,23)(H,17,19). The van der Waals surface area contributed by atoms with Crippen LogP contribution in [-0.2, 0) is 17.9 Å². The van der Waals surface area contributed by atoms with E-state index >= 15 is 0 Å². The molecule has 0 bridgehead atoms. The van der Waals surface area contributed by atoms with Crippen molar-refractivity contribution < 1.29 is 4.79 Å². The first-order chi connectivity index (χ1) is 12.0. The van der Waals surface area contributed by atoms with Crippen LogP contribution in [0.5, 0.6) is 0 Å². The van der Waals surface area contributed by atoms with Crippen molar-refractivity contribution in [1.82, 2.24) is 29.4 Å². The van der Waals surface area contributed by atoms with Crippen LogP contribution in [0.3, 0.4) is 0 Å². The first-order valence-electron chi connectivity index (χ1n) is 8.11. The third kappa shape index (κ3) is 2.97. The van der Waals surface area contributed by atoms with Crippen molar-refractivity contribution in [2.24, 2.45) is 11.7 Å². The lowest BCUT2D eigenvalue weighted by atomic mass is 10.3. The van der Waals surface area contributed by atoms with Crippen molar-refractivity contribution in [3.05, 3.63) is 45.4 Å². The third-order valence-electron chi connectivity index (χ3n) is 4.49. The van der Waals surface area contributed by atoms with E-state index in [9.17, 15) is 9.59 Å². The van der Waals surface area contributed by atoms with E-state index in [-0.39, 0.29) is 5.69 Å². The number of thioether (sulfide) groups is 1. The monoisotopic (exact) mass is 361 g/mol. The fourth-order valence-electron chi connectivity index (χ4n) is 2.92.